The van der Waals surface area contributed by atoms with Gasteiger partial charge in [-0.2, -0.15) is 0 Å². The molecule has 8 atom stereocenters. The number of hydrogen-bond donors (Lipinski definition) is 2. The molecule has 0 radical (unpaired) electrons. The number of hydrogen-bond acceptors (Lipinski definition) is 7. The van der Waals surface area contributed by atoms with E-state index in [1.165, 1.54) is 13.0 Å². The lowest BCUT2D eigenvalue weighted by Crippen LogP contribution is -2.63. The zero-order chi connectivity index (χ0) is 27.3. The molecule has 7 heteroatoms. The minimum Gasteiger partial charge on any atom is -0.455 e. The topological polar surface area (TPSA) is 110 Å². The van der Waals surface area contributed by atoms with Gasteiger partial charge in [-0.15, -0.1) is 0 Å². The van der Waals surface area contributed by atoms with Crippen molar-refractivity contribution in [3.8, 4) is 0 Å². The van der Waals surface area contributed by atoms with Crippen LogP contribution >= 0.6 is 0 Å². The number of rotatable bonds is 7. The number of aliphatic hydroxyl groups excluding tert-OH is 1. The quantitative estimate of drug-likeness (QED) is 0.231. The van der Waals surface area contributed by atoms with E-state index < -0.39 is 58.3 Å². The summed E-state index contributed by atoms with van der Waals surface area (Å²) in [5, 5.41) is 22.7. The van der Waals surface area contributed by atoms with E-state index in [2.05, 4.69) is 6.92 Å². The third-order valence-electron chi connectivity index (χ3n) is 9.38. The molecule has 2 fully saturated rings. The van der Waals surface area contributed by atoms with Gasteiger partial charge in [-0.25, -0.2) is 4.79 Å². The van der Waals surface area contributed by atoms with Gasteiger partial charge >= 0.3 is 11.9 Å². The van der Waals surface area contributed by atoms with Crippen molar-refractivity contribution >= 4 is 17.7 Å². The highest BCUT2D eigenvalue weighted by Crippen LogP contribution is 2.76. The Morgan fingerprint density at radius 2 is 1.89 bits per heavy atom. The number of esters is 2. The van der Waals surface area contributed by atoms with E-state index in [1.807, 2.05) is 39.0 Å². The van der Waals surface area contributed by atoms with E-state index in [0.29, 0.717) is 17.6 Å². The number of ketones is 1. The highest BCUT2D eigenvalue weighted by molar-refractivity contribution is 6.00. The van der Waals surface area contributed by atoms with Crippen LogP contribution in [0.25, 0.3) is 0 Å². The summed E-state index contributed by atoms with van der Waals surface area (Å²) in [6.45, 7) is 10.7. The highest BCUT2D eigenvalue weighted by Gasteiger charge is 2.87. The Hall–Kier alpha value is -2.51. The fourth-order valence-corrected chi connectivity index (χ4v) is 7.64. The molecule has 4 aliphatic carbocycles. The lowest BCUT2D eigenvalue weighted by Gasteiger charge is -2.52. The first-order valence-electron chi connectivity index (χ1n) is 13.4. The molecule has 0 amide bonds. The summed E-state index contributed by atoms with van der Waals surface area (Å²) in [6, 6.07) is 0. The molecule has 0 heterocycles. The average Bonchev–Trinajstić information content (AvgIpc) is 3.22. The van der Waals surface area contributed by atoms with Crippen LogP contribution in [0.15, 0.2) is 47.6 Å². The summed E-state index contributed by atoms with van der Waals surface area (Å²) in [5.41, 5.74) is -1.94. The maximum Gasteiger partial charge on any atom is 0.331 e. The predicted molar refractivity (Wildman–Crippen MR) is 138 cm³/mol. The number of Topliss-reactive ketones (excluding diaryl/α,β-unsaturated/α-hetero) is 1. The van der Waals surface area contributed by atoms with Gasteiger partial charge in [0, 0.05) is 48.0 Å². The number of unbranched alkanes of at least 4 members (excludes halogenated alkanes) is 1. The Bertz CT molecular complexity index is 1100. The second-order valence-electron chi connectivity index (χ2n) is 11.8. The number of ether oxygens (including phenoxy) is 2. The van der Waals surface area contributed by atoms with Gasteiger partial charge in [0.25, 0.3) is 0 Å². The van der Waals surface area contributed by atoms with E-state index in [0.717, 1.165) is 12.8 Å². The zero-order valence-electron chi connectivity index (χ0n) is 22.7. The standard InChI is InChI=1S/C30H40O7/c1-7-8-9-10-11-12-24(33)36-27-18(3)29(35)22-13-17(2)25(34)21(22)14-20(16-31)15-23(29)26-28(5,6)30(26,27)37-19(4)32/h9-13,15,18,21-23,26-27,31,35H,7-8,14,16H2,1-6H3/b10-9+,12-11-/t18-,21+,22+,23-,26-,27-,29+,30-/m1/s1. The summed E-state index contributed by atoms with van der Waals surface area (Å²) in [6.07, 6.45) is 11.8. The molecule has 0 aliphatic heterocycles. The van der Waals surface area contributed by atoms with E-state index in [-0.39, 0.29) is 18.3 Å². The van der Waals surface area contributed by atoms with Crippen molar-refractivity contribution in [3.63, 3.8) is 0 Å². The molecule has 2 N–H and O–H groups in total. The van der Waals surface area contributed by atoms with Gasteiger partial charge in [0.05, 0.1) is 12.2 Å². The number of fused-ring (bicyclic) bond motifs is 5. The Morgan fingerprint density at radius 1 is 1.19 bits per heavy atom. The molecule has 0 aromatic heterocycles. The third-order valence-corrected chi connectivity index (χ3v) is 9.38. The molecule has 0 spiro atoms. The molecule has 7 nitrogen and oxygen atoms in total. The number of aliphatic hydroxyl groups is 2. The summed E-state index contributed by atoms with van der Waals surface area (Å²) in [4.78, 5) is 38.5. The SMILES string of the molecule is CCC/C=C/C=C\C(=O)O[C@@H]1[C@@H](C)[C@@]2(O)[C@H](C=C(CO)C[C@@H]3C(=O)C(C)=C[C@@H]32)[C@@H]2C(C)(C)[C@]12OC(C)=O. The first kappa shape index (κ1) is 27.5. The molecule has 0 saturated heterocycles. The molecule has 0 unspecified atom stereocenters. The molecule has 0 bridgehead atoms. The van der Waals surface area contributed by atoms with Crippen LogP contribution in [0.5, 0.6) is 0 Å². The predicted octanol–water partition coefficient (Wildman–Crippen LogP) is 3.85. The lowest BCUT2D eigenvalue weighted by atomic mass is 9.60. The number of carbonyl (C=O) groups is 3. The zero-order valence-corrected chi connectivity index (χ0v) is 22.7. The number of carbonyl (C=O) groups excluding carboxylic acids is 3. The Morgan fingerprint density at radius 3 is 2.51 bits per heavy atom. The van der Waals surface area contributed by atoms with E-state index >= 15 is 0 Å². The van der Waals surface area contributed by atoms with Crippen molar-refractivity contribution in [3.05, 3.63) is 47.6 Å². The lowest BCUT2D eigenvalue weighted by molar-refractivity contribution is -0.217. The van der Waals surface area contributed by atoms with Gasteiger partial charge in [0.15, 0.2) is 11.4 Å². The Labute approximate surface area is 219 Å². The third kappa shape index (κ3) is 4.06. The normalized spacial score (nSPS) is 39.8. The first-order chi connectivity index (χ1) is 17.4. The van der Waals surface area contributed by atoms with Crippen LogP contribution in [-0.4, -0.2) is 51.8 Å². The summed E-state index contributed by atoms with van der Waals surface area (Å²) in [7, 11) is 0. The van der Waals surface area contributed by atoms with Crippen LogP contribution in [0.2, 0.25) is 0 Å². The summed E-state index contributed by atoms with van der Waals surface area (Å²) < 4.78 is 12.1. The van der Waals surface area contributed by atoms with Crippen LogP contribution in [0.3, 0.4) is 0 Å². The molecular weight excluding hydrogens is 472 g/mol. The van der Waals surface area contributed by atoms with Crippen molar-refractivity contribution in [1.29, 1.82) is 0 Å². The van der Waals surface area contributed by atoms with Crippen molar-refractivity contribution in [2.75, 3.05) is 6.61 Å². The van der Waals surface area contributed by atoms with Crippen LogP contribution < -0.4 is 0 Å². The minimum absolute atomic E-state index is 0.0344. The molecule has 0 aromatic rings. The van der Waals surface area contributed by atoms with Crippen molar-refractivity contribution in [2.24, 2.45) is 35.0 Å². The van der Waals surface area contributed by atoms with Gasteiger partial charge in [-0.3, -0.25) is 9.59 Å². The number of allylic oxidation sites excluding steroid dienone is 4. The summed E-state index contributed by atoms with van der Waals surface area (Å²) in [5.74, 6) is -3.67. The maximum absolute atomic E-state index is 13.1. The van der Waals surface area contributed by atoms with Crippen molar-refractivity contribution in [2.45, 2.75) is 78.1 Å². The van der Waals surface area contributed by atoms with E-state index in [4.69, 9.17) is 9.47 Å². The first-order valence-corrected chi connectivity index (χ1v) is 13.4. The molecule has 4 aliphatic rings. The second kappa shape index (κ2) is 9.66. The smallest absolute Gasteiger partial charge is 0.331 e. The van der Waals surface area contributed by atoms with Crippen LogP contribution in [0.1, 0.15) is 60.8 Å². The monoisotopic (exact) mass is 512 g/mol. The van der Waals surface area contributed by atoms with Gasteiger partial charge in [-0.05, 0) is 30.9 Å². The van der Waals surface area contributed by atoms with E-state index in [1.54, 1.807) is 19.1 Å². The molecular formula is C30H40O7. The fourth-order valence-electron chi connectivity index (χ4n) is 7.64. The Kier molecular flexibility index (Phi) is 7.19. The van der Waals surface area contributed by atoms with Crippen LogP contribution in [-0.2, 0) is 23.9 Å². The average molecular weight is 513 g/mol. The van der Waals surface area contributed by atoms with Crippen LogP contribution in [0, 0.1) is 35.0 Å². The molecule has 4 rings (SSSR count). The van der Waals surface area contributed by atoms with E-state index in [9.17, 15) is 24.6 Å². The molecule has 37 heavy (non-hydrogen) atoms. The fraction of sp³-hybridized carbons (Fsp3) is 0.633. The second-order valence-corrected chi connectivity index (χ2v) is 11.8. The minimum atomic E-state index is -1.45. The highest BCUT2D eigenvalue weighted by atomic mass is 16.6. The van der Waals surface area contributed by atoms with Crippen LogP contribution in [0.4, 0.5) is 0 Å². The van der Waals surface area contributed by atoms with Gasteiger partial charge in [-0.1, -0.05) is 64.5 Å². The van der Waals surface area contributed by atoms with Gasteiger partial charge < -0.3 is 19.7 Å². The van der Waals surface area contributed by atoms with Crippen molar-refractivity contribution < 1.29 is 34.1 Å². The molecule has 2 saturated carbocycles. The van der Waals surface area contributed by atoms with Crippen molar-refractivity contribution in [1.82, 2.24) is 0 Å². The molecule has 0 aromatic carbocycles. The largest absolute Gasteiger partial charge is 0.455 e. The Balaban J connectivity index is 1.81. The van der Waals surface area contributed by atoms with Gasteiger partial charge in [0.1, 0.15) is 6.10 Å². The van der Waals surface area contributed by atoms with Gasteiger partial charge in [0.2, 0.25) is 0 Å². The maximum atomic E-state index is 13.1. The molecule has 202 valence electrons. The summed E-state index contributed by atoms with van der Waals surface area (Å²) >= 11 is 0.